The molecule has 2 aromatic rings. The fourth-order valence-electron chi connectivity index (χ4n) is 3.80. The molecule has 0 saturated carbocycles. The summed E-state index contributed by atoms with van der Waals surface area (Å²) in [5.41, 5.74) is 0.937. The molecule has 4 rings (SSSR count). The lowest BCUT2D eigenvalue weighted by molar-refractivity contribution is -0.286. The third-order valence-electron chi connectivity index (χ3n) is 5.87. The maximum Gasteiger partial charge on any atom is 0.195 e. The Bertz CT molecular complexity index is 920. The van der Waals surface area contributed by atoms with Crippen molar-refractivity contribution in [1.82, 2.24) is 4.57 Å². The largest absolute Gasteiger partial charge is 0.467 e. The molecule has 34 heavy (non-hydrogen) atoms. The van der Waals surface area contributed by atoms with Crippen molar-refractivity contribution in [2.24, 2.45) is 7.05 Å². The third kappa shape index (κ3) is 5.35. The second-order valence-electron chi connectivity index (χ2n) is 8.13. The van der Waals surface area contributed by atoms with E-state index in [0.717, 1.165) is 10.9 Å². The Morgan fingerprint density at radius 2 is 1.32 bits per heavy atom. The highest BCUT2D eigenvalue weighted by atomic mass is 16.7. The van der Waals surface area contributed by atoms with E-state index in [4.69, 9.17) is 40.1 Å². The molecule has 10 atom stereocenters. The minimum Gasteiger partial charge on any atom is -0.467 e. The van der Waals surface area contributed by atoms with E-state index in [-0.39, 0.29) is 0 Å². The number of aryl methyl sites for hydroxylation is 1. The van der Waals surface area contributed by atoms with Gasteiger partial charge in [0.25, 0.3) is 0 Å². The van der Waals surface area contributed by atoms with Gasteiger partial charge >= 0.3 is 0 Å². The van der Waals surface area contributed by atoms with Crippen LogP contribution in [0.25, 0.3) is 10.9 Å². The number of fused-ring (bicyclic) bond motifs is 1. The number of hydrogen-bond donors (Lipinski definition) is 9. The van der Waals surface area contributed by atoms with Gasteiger partial charge in [0.2, 0.25) is 0 Å². The van der Waals surface area contributed by atoms with Gasteiger partial charge in [-0.25, -0.2) is 0 Å². The minimum atomic E-state index is -1.57. The molecule has 2 saturated heterocycles. The Morgan fingerprint density at radius 1 is 0.765 bits per heavy atom. The van der Waals surface area contributed by atoms with Crippen LogP contribution in [0, 0.1) is 0 Å². The molecule has 0 aliphatic carbocycles. The van der Waals surface area contributed by atoms with Crippen molar-refractivity contribution in [3.63, 3.8) is 0 Å². The van der Waals surface area contributed by atoms with Crippen LogP contribution in [0.4, 0.5) is 0 Å². The van der Waals surface area contributed by atoms with E-state index in [2.05, 4.69) is 4.74 Å². The van der Waals surface area contributed by atoms with Crippen LogP contribution in [-0.2, 0) is 16.5 Å². The van der Waals surface area contributed by atoms with Gasteiger partial charge < -0.3 is 64.7 Å². The molecule has 13 nitrogen and oxygen atoms in total. The van der Waals surface area contributed by atoms with Gasteiger partial charge in [0, 0.05) is 18.5 Å². The first-order chi connectivity index (χ1) is 16.1. The topological polar surface area (TPSA) is 215 Å². The van der Waals surface area contributed by atoms with Crippen molar-refractivity contribution in [2.45, 2.75) is 61.4 Å². The zero-order valence-corrected chi connectivity index (χ0v) is 18.3. The first-order valence-electron chi connectivity index (χ1n) is 10.6. The molecule has 13 heteroatoms. The van der Waals surface area contributed by atoms with Crippen LogP contribution in [0.5, 0.6) is 5.88 Å². The molecule has 0 spiro atoms. The van der Waals surface area contributed by atoms with E-state index in [1.807, 2.05) is 24.3 Å². The fraction of sp³-hybridized carbons (Fsp3) is 0.619. The van der Waals surface area contributed by atoms with E-state index < -0.39 is 74.6 Å². The summed E-state index contributed by atoms with van der Waals surface area (Å²) in [5.74, 6) is 0.433. The molecule has 1 unspecified atom stereocenters. The maximum absolute atomic E-state index is 10.1. The van der Waals surface area contributed by atoms with Gasteiger partial charge in [-0.1, -0.05) is 18.2 Å². The number of aliphatic hydroxyl groups excluding tert-OH is 9. The molecule has 2 aliphatic heterocycles. The van der Waals surface area contributed by atoms with Gasteiger partial charge in [-0.2, -0.15) is 0 Å². The van der Waals surface area contributed by atoms with Crippen LogP contribution in [0.15, 0.2) is 30.3 Å². The average molecular weight is 489 g/mol. The molecule has 2 aliphatic rings. The Balaban J connectivity index is 0.000000229. The summed E-state index contributed by atoms with van der Waals surface area (Å²) < 4.78 is 17.1. The van der Waals surface area contributed by atoms with Crippen LogP contribution in [0.1, 0.15) is 0 Å². The summed E-state index contributed by atoms with van der Waals surface area (Å²) in [7, 11) is 1.80. The van der Waals surface area contributed by atoms with Gasteiger partial charge in [-0.3, -0.25) is 0 Å². The van der Waals surface area contributed by atoms with Gasteiger partial charge in [-0.15, -0.1) is 0 Å². The second-order valence-corrected chi connectivity index (χ2v) is 8.13. The van der Waals surface area contributed by atoms with Crippen molar-refractivity contribution < 1.29 is 60.2 Å². The van der Waals surface area contributed by atoms with Crippen LogP contribution in [0.2, 0.25) is 0 Å². The zero-order chi connectivity index (χ0) is 25.2. The normalized spacial score (nSPS) is 38.3. The molecule has 192 valence electrons. The molecule has 0 bridgehead atoms. The number of ether oxygens (including phenoxy) is 3. The summed E-state index contributed by atoms with van der Waals surface area (Å²) in [4.78, 5) is 0. The molecule has 9 N–H and O–H groups in total. The number of nitrogens with zero attached hydrogens (tertiary/aromatic N) is 1. The number of aliphatic hydroxyl groups is 9. The van der Waals surface area contributed by atoms with E-state index in [1.54, 1.807) is 17.7 Å². The predicted molar refractivity (Wildman–Crippen MR) is 113 cm³/mol. The van der Waals surface area contributed by atoms with E-state index in [0.29, 0.717) is 5.88 Å². The molecule has 0 amide bonds. The Kier molecular flexibility index (Phi) is 8.83. The molecular formula is C21H31NO12. The lowest BCUT2D eigenvalue weighted by Gasteiger charge is -2.39. The lowest BCUT2D eigenvalue weighted by atomic mass is 9.99. The van der Waals surface area contributed by atoms with Crippen LogP contribution >= 0.6 is 0 Å². The minimum absolute atomic E-state index is 0.433. The summed E-state index contributed by atoms with van der Waals surface area (Å²) in [5, 5.41) is 84.6. The van der Waals surface area contributed by atoms with Gasteiger partial charge in [-0.05, 0) is 6.07 Å². The number of benzene rings is 1. The van der Waals surface area contributed by atoms with E-state index >= 15 is 0 Å². The Morgan fingerprint density at radius 3 is 1.91 bits per heavy atom. The van der Waals surface area contributed by atoms with E-state index in [9.17, 15) is 15.3 Å². The molecule has 0 radical (unpaired) electrons. The first kappa shape index (κ1) is 26.7. The van der Waals surface area contributed by atoms with Crippen molar-refractivity contribution in [1.29, 1.82) is 0 Å². The lowest BCUT2D eigenvalue weighted by Crippen LogP contribution is -2.60. The number of para-hydroxylation sites is 1. The molecule has 2 fully saturated rings. The Hall–Kier alpha value is -1.88. The van der Waals surface area contributed by atoms with Crippen LogP contribution < -0.4 is 4.74 Å². The summed E-state index contributed by atoms with van der Waals surface area (Å²) in [6, 6.07) is 9.41. The van der Waals surface area contributed by atoms with Gasteiger partial charge in [0.05, 0.1) is 18.7 Å². The summed E-state index contributed by atoms with van der Waals surface area (Å²) in [6.45, 7) is -1.03. The highest BCUT2D eigenvalue weighted by molar-refractivity contribution is 5.82. The van der Waals surface area contributed by atoms with Crippen LogP contribution in [-0.4, -0.2) is 125 Å². The standard InChI is InChI=1S/C15H19NO6.C6H12O6/c1-16-9-5-3-2-4-8(9)6-11(16)22-14-13(19)12(18)10(7-17)21-15(14)20;7-1-2-3(8)4(9)5(10)6(11)12-2/h2-6,10,12-15,17-20H,7H2,1H3;2-11H,1H2/t10-,12+,13+,14-,15-;2-,3+,4+,5-,6?/m11/s1. The molecule has 3 heterocycles. The van der Waals surface area contributed by atoms with E-state index in [1.165, 1.54) is 0 Å². The zero-order valence-electron chi connectivity index (χ0n) is 18.3. The molecular weight excluding hydrogens is 458 g/mol. The smallest absolute Gasteiger partial charge is 0.195 e. The first-order valence-corrected chi connectivity index (χ1v) is 10.6. The highest BCUT2D eigenvalue weighted by Gasteiger charge is 2.45. The predicted octanol–water partition coefficient (Wildman–Crippen LogP) is -3.86. The summed E-state index contributed by atoms with van der Waals surface area (Å²) >= 11 is 0. The maximum atomic E-state index is 10.1. The van der Waals surface area contributed by atoms with Gasteiger partial charge in [0.15, 0.2) is 24.6 Å². The summed E-state index contributed by atoms with van der Waals surface area (Å²) in [6.07, 6.45) is -13.4. The Labute approximate surface area is 194 Å². The second kappa shape index (κ2) is 11.2. The van der Waals surface area contributed by atoms with Crippen molar-refractivity contribution in [3.05, 3.63) is 30.3 Å². The van der Waals surface area contributed by atoms with Crippen molar-refractivity contribution in [2.75, 3.05) is 13.2 Å². The average Bonchev–Trinajstić information content (AvgIpc) is 3.15. The van der Waals surface area contributed by atoms with Crippen LogP contribution in [0.3, 0.4) is 0 Å². The third-order valence-corrected chi connectivity index (χ3v) is 5.87. The van der Waals surface area contributed by atoms with Gasteiger partial charge in [0.1, 0.15) is 42.7 Å². The van der Waals surface area contributed by atoms with Crippen molar-refractivity contribution in [3.8, 4) is 5.88 Å². The number of rotatable bonds is 4. The van der Waals surface area contributed by atoms with Crippen molar-refractivity contribution >= 4 is 10.9 Å². The number of aromatic nitrogens is 1. The monoisotopic (exact) mass is 489 g/mol. The highest BCUT2D eigenvalue weighted by Crippen LogP contribution is 2.28. The number of hydrogen-bond acceptors (Lipinski definition) is 12. The molecule has 1 aromatic heterocycles. The molecule has 1 aromatic carbocycles. The quantitative estimate of drug-likeness (QED) is 0.202. The fourth-order valence-corrected chi connectivity index (χ4v) is 3.80. The SMILES string of the molecule is Cn1c(O[C@@H]2[C@@H](O)[C@@H](O)[C@@H](CO)O[C@H]2O)cc2ccccc21.OC[C@H]1OC(O)[C@H](O)[C@@H](O)[C@H]1O.